The highest BCUT2D eigenvalue weighted by molar-refractivity contribution is 7.25. The number of rotatable bonds is 8. The van der Waals surface area contributed by atoms with Crippen LogP contribution in [0.4, 0.5) is 17.1 Å². The van der Waals surface area contributed by atoms with E-state index < -0.39 is 0 Å². The molecule has 0 spiro atoms. The lowest BCUT2D eigenvalue weighted by Gasteiger charge is -2.27. The molecule has 270 valence electrons. The van der Waals surface area contributed by atoms with Gasteiger partial charge in [-0.3, -0.25) is 0 Å². The molecule has 9 aromatic rings. The Morgan fingerprint density at radius 1 is 0.375 bits per heavy atom. The van der Waals surface area contributed by atoms with Gasteiger partial charge in [0.2, 0.25) is 0 Å². The predicted octanol–water partition coefficient (Wildman–Crippen LogP) is 16.2. The van der Waals surface area contributed by atoms with Gasteiger partial charge in [-0.1, -0.05) is 165 Å². The number of hydrogen-bond donors (Lipinski definition) is 0. The summed E-state index contributed by atoms with van der Waals surface area (Å²) in [6, 6.07) is 71.7. The molecule has 0 amide bonds. The number of hydrogen-bond acceptors (Lipinski definition) is 2. The summed E-state index contributed by atoms with van der Waals surface area (Å²) < 4.78 is 2.64. The Hall–Kier alpha value is -6.22. The third-order valence-electron chi connectivity index (χ3n) is 11.7. The van der Waals surface area contributed by atoms with Gasteiger partial charge in [-0.05, 0) is 117 Å². The van der Waals surface area contributed by atoms with Crippen LogP contribution in [0.1, 0.15) is 43.6 Å². The van der Waals surface area contributed by atoms with Crippen molar-refractivity contribution in [1.29, 1.82) is 0 Å². The first-order valence-electron chi connectivity index (χ1n) is 20.0. The van der Waals surface area contributed by atoms with Gasteiger partial charge in [0.15, 0.2) is 0 Å². The van der Waals surface area contributed by atoms with E-state index in [2.05, 4.69) is 199 Å². The van der Waals surface area contributed by atoms with E-state index in [1.54, 1.807) is 0 Å². The van der Waals surface area contributed by atoms with Gasteiger partial charge >= 0.3 is 0 Å². The van der Waals surface area contributed by atoms with Crippen LogP contribution >= 0.6 is 11.3 Å². The zero-order chi connectivity index (χ0) is 37.3. The van der Waals surface area contributed by atoms with Gasteiger partial charge in [-0.2, -0.15) is 0 Å². The monoisotopic (exact) mass is 737 g/mol. The van der Waals surface area contributed by atoms with Crippen LogP contribution in [0.15, 0.2) is 194 Å². The number of nitrogens with zero attached hydrogens (tertiary/aromatic N) is 1. The van der Waals surface area contributed by atoms with E-state index in [9.17, 15) is 0 Å². The standard InChI is InChI=1S/C54H43NS/c1-4-14-38(15-5-1)40-26-30-45(31-27-40)55(47-34-35-51-50-22-10-11-25-52(50)56-53(51)37-47)46-32-28-42(29-33-46)54-48(41-18-8-3-9-19-41)23-13-24-49(54)44-21-12-20-43(36-44)39-16-6-2-7-17-39/h2-3,6-13,16-38H,1,4-5,14-15H2. The molecular formula is C54H43NS. The first kappa shape index (κ1) is 34.3. The van der Waals surface area contributed by atoms with Gasteiger partial charge in [-0.15, -0.1) is 11.3 Å². The Morgan fingerprint density at radius 2 is 0.946 bits per heavy atom. The third kappa shape index (κ3) is 6.61. The van der Waals surface area contributed by atoms with Crippen molar-refractivity contribution >= 4 is 48.6 Å². The molecule has 56 heavy (non-hydrogen) atoms. The third-order valence-corrected chi connectivity index (χ3v) is 12.8. The second-order valence-electron chi connectivity index (χ2n) is 15.1. The number of anilines is 3. The maximum absolute atomic E-state index is 2.44. The molecule has 1 saturated carbocycles. The molecule has 0 unspecified atom stereocenters. The Morgan fingerprint density at radius 3 is 1.70 bits per heavy atom. The lowest BCUT2D eigenvalue weighted by atomic mass is 9.84. The first-order chi connectivity index (χ1) is 27.8. The van der Waals surface area contributed by atoms with Crippen LogP contribution < -0.4 is 4.90 Å². The Labute approximate surface area is 334 Å². The number of benzene rings is 8. The minimum atomic E-state index is 0.674. The van der Waals surface area contributed by atoms with Crippen LogP contribution in [0.3, 0.4) is 0 Å². The lowest BCUT2D eigenvalue weighted by Crippen LogP contribution is -2.10. The summed E-state index contributed by atoms with van der Waals surface area (Å²) in [5.41, 5.74) is 14.7. The van der Waals surface area contributed by atoms with Gasteiger partial charge in [0, 0.05) is 37.2 Å². The molecule has 0 aliphatic heterocycles. The molecule has 0 N–H and O–H groups in total. The predicted molar refractivity (Wildman–Crippen MR) is 242 cm³/mol. The fourth-order valence-corrected chi connectivity index (χ4v) is 10.0. The molecule has 1 aromatic heterocycles. The molecule has 0 bridgehead atoms. The molecule has 1 fully saturated rings. The molecule has 0 atom stereocenters. The molecule has 1 aliphatic rings. The molecule has 1 aliphatic carbocycles. The molecule has 0 saturated heterocycles. The summed E-state index contributed by atoms with van der Waals surface area (Å²) in [6.45, 7) is 0. The van der Waals surface area contributed by atoms with Crippen LogP contribution in [0.25, 0.3) is 64.7 Å². The van der Waals surface area contributed by atoms with Crippen LogP contribution in [-0.4, -0.2) is 0 Å². The van der Waals surface area contributed by atoms with Crippen molar-refractivity contribution in [1.82, 2.24) is 0 Å². The molecule has 1 nitrogen and oxygen atoms in total. The van der Waals surface area contributed by atoms with Gasteiger partial charge in [0.1, 0.15) is 0 Å². The minimum Gasteiger partial charge on any atom is -0.310 e. The Balaban J connectivity index is 1.09. The fraction of sp³-hybridized carbons (Fsp3) is 0.111. The van der Waals surface area contributed by atoms with Crippen molar-refractivity contribution in [2.75, 3.05) is 4.90 Å². The zero-order valence-corrected chi connectivity index (χ0v) is 32.3. The Bertz CT molecular complexity index is 2760. The van der Waals surface area contributed by atoms with Crippen molar-refractivity contribution < 1.29 is 0 Å². The fourth-order valence-electron chi connectivity index (χ4n) is 8.87. The smallest absolute Gasteiger partial charge is 0.0476 e. The summed E-state index contributed by atoms with van der Waals surface area (Å²) in [6.07, 6.45) is 6.66. The second kappa shape index (κ2) is 15.1. The molecule has 1 heterocycles. The molecular weight excluding hydrogens is 695 g/mol. The molecule has 2 heteroatoms. The maximum atomic E-state index is 2.44. The van der Waals surface area contributed by atoms with Gasteiger partial charge < -0.3 is 4.90 Å². The quantitative estimate of drug-likeness (QED) is 0.150. The van der Waals surface area contributed by atoms with Gasteiger partial charge in [0.25, 0.3) is 0 Å². The van der Waals surface area contributed by atoms with E-state index in [0.717, 1.165) is 5.69 Å². The van der Waals surface area contributed by atoms with E-state index >= 15 is 0 Å². The van der Waals surface area contributed by atoms with Crippen LogP contribution in [0.2, 0.25) is 0 Å². The Kier molecular flexibility index (Phi) is 9.27. The average molecular weight is 738 g/mol. The molecule has 8 aromatic carbocycles. The molecule has 10 rings (SSSR count). The summed E-state index contributed by atoms with van der Waals surface area (Å²) in [5, 5.41) is 2.65. The topological polar surface area (TPSA) is 3.24 Å². The lowest BCUT2D eigenvalue weighted by molar-refractivity contribution is 0.443. The van der Waals surface area contributed by atoms with Crippen LogP contribution in [-0.2, 0) is 0 Å². The highest BCUT2D eigenvalue weighted by Gasteiger charge is 2.20. The average Bonchev–Trinajstić information content (AvgIpc) is 3.66. The zero-order valence-electron chi connectivity index (χ0n) is 31.4. The van der Waals surface area contributed by atoms with Crippen molar-refractivity contribution in [3.05, 3.63) is 200 Å². The first-order valence-corrected chi connectivity index (χ1v) is 20.8. The highest BCUT2D eigenvalue weighted by Crippen LogP contribution is 2.45. The summed E-state index contributed by atoms with van der Waals surface area (Å²) in [5.74, 6) is 0.674. The minimum absolute atomic E-state index is 0.674. The summed E-state index contributed by atoms with van der Waals surface area (Å²) in [4.78, 5) is 2.44. The normalized spacial score (nSPS) is 13.3. The second-order valence-corrected chi connectivity index (χ2v) is 16.2. The largest absolute Gasteiger partial charge is 0.310 e. The van der Waals surface area contributed by atoms with E-state index in [4.69, 9.17) is 0 Å². The van der Waals surface area contributed by atoms with Crippen molar-refractivity contribution in [2.24, 2.45) is 0 Å². The summed E-state index contributed by atoms with van der Waals surface area (Å²) >= 11 is 1.88. The molecule has 0 radical (unpaired) electrons. The van der Waals surface area contributed by atoms with E-state index in [0.29, 0.717) is 5.92 Å². The number of thiophene rings is 1. The van der Waals surface area contributed by atoms with Crippen LogP contribution in [0, 0.1) is 0 Å². The van der Waals surface area contributed by atoms with E-state index in [-0.39, 0.29) is 0 Å². The van der Waals surface area contributed by atoms with Crippen molar-refractivity contribution in [2.45, 2.75) is 38.0 Å². The van der Waals surface area contributed by atoms with Gasteiger partial charge in [-0.25, -0.2) is 0 Å². The highest BCUT2D eigenvalue weighted by atomic mass is 32.1. The van der Waals surface area contributed by atoms with Crippen molar-refractivity contribution in [3.63, 3.8) is 0 Å². The number of fused-ring (bicyclic) bond motifs is 3. The summed E-state index contributed by atoms with van der Waals surface area (Å²) in [7, 11) is 0. The van der Waals surface area contributed by atoms with Gasteiger partial charge in [0.05, 0.1) is 0 Å². The van der Waals surface area contributed by atoms with E-state index in [1.165, 1.54) is 114 Å². The SMILES string of the molecule is c1ccc(-c2cccc(-c3cccc(-c4ccccc4)c3-c3ccc(N(c4ccc(C5CCCCC5)cc4)c4ccc5c(c4)sc4ccccc45)cc3)c2)cc1. The maximum Gasteiger partial charge on any atom is 0.0476 e. The van der Waals surface area contributed by atoms with E-state index in [1.807, 2.05) is 11.3 Å². The van der Waals surface area contributed by atoms with Crippen LogP contribution in [0.5, 0.6) is 0 Å². The van der Waals surface area contributed by atoms with Crippen molar-refractivity contribution in [3.8, 4) is 44.5 Å².